The van der Waals surface area contributed by atoms with Crippen LogP contribution in [0.1, 0.15) is 29.3 Å². The van der Waals surface area contributed by atoms with E-state index in [1.807, 2.05) is 12.1 Å². The fourth-order valence-corrected chi connectivity index (χ4v) is 7.58. The second-order valence-electron chi connectivity index (χ2n) is 13.2. The molecule has 0 bridgehead atoms. The van der Waals surface area contributed by atoms with Gasteiger partial charge < -0.3 is 14.5 Å². The third-order valence-electron chi connectivity index (χ3n) is 9.92. The Morgan fingerprint density at radius 3 is 2.20 bits per heavy atom. The number of allylic oxidation sites excluding steroid dienone is 1. The van der Waals surface area contributed by atoms with Crippen molar-refractivity contribution in [3.63, 3.8) is 0 Å². The highest BCUT2D eigenvalue weighted by molar-refractivity contribution is 6.14. The summed E-state index contributed by atoms with van der Waals surface area (Å²) in [6.45, 7) is 2.87. The lowest BCUT2D eigenvalue weighted by Crippen LogP contribution is -2.23. The van der Waals surface area contributed by atoms with Gasteiger partial charge in [0.25, 0.3) is 0 Å². The van der Waals surface area contributed by atoms with Crippen LogP contribution >= 0.6 is 0 Å². The minimum atomic E-state index is 0.414. The zero-order valence-corrected chi connectivity index (χ0v) is 27.4. The monoisotopic (exact) mass is 632 g/mol. The van der Waals surface area contributed by atoms with Crippen molar-refractivity contribution >= 4 is 44.6 Å². The van der Waals surface area contributed by atoms with Gasteiger partial charge in [-0.05, 0) is 77.6 Å². The molecule has 2 N–H and O–H groups in total. The highest BCUT2D eigenvalue weighted by Crippen LogP contribution is 2.41. The van der Waals surface area contributed by atoms with Crippen molar-refractivity contribution in [2.45, 2.75) is 19.9 Å². The van der Waals surface area contributed by atoms with Crippen LogP contribution in [0.4, 0.5) is 0 Å². The molecule has 2 heterocycles. The first-order valence-corrected chi connectivity index (χ1v) is 17.0. The number of benzene rings is 6. The third kappa shape index (κ3) is 5.04. The lowest BCUT2D eigenvalue weighted by molar-refractivity contribution is 0.690. The molecule has 49 heavy (non-hydrogen) atoms. The van der Waals surface area contributed by atoms with Gasteiger partial charge in [0.05, 0.1) is 16.6 Å². The van der Waals surface area contributed by atoms with Gasteiger partial charge in [-0.1, -0.05) is 116 Å². The van der Waals surface area contributed by atoms with Crippen molar-refractivity contribution < 1.29 is 0 Å². The molecule has 9 rings (SSSR count). The number of hydrogen-bond donors (Lipinski definition) is 2. The predicted octanol–water partition coefficient (Wildman–Crippen LogP) is 10.7. The van der Waals surface area contributed by atoms with E-state index < -0.39 is 0 Å². The molecule has 1 aliphatic carbocycles. The Morgan fingerprint density at radius 2 is 1.35 bits per heavy atom. The standard InChI is InChI=1S/C45H36N4/c1-30-22-23-38-40-27-39-37-20-8-9-21-41(37)48(35-17-6-3-7-18-35)43(39)28-44(40)49(42(38)24-30)36-19-11-16-34(26-36)45(46)47-29-31-12-10-15-33(25-31)32-13-4-2-5-14-32/h2-23,25-28,30H,24,29H2,1H3,(H2,46,47). The molecule has 0 amide bonds. The highest BCUT2D eigenvalue weighted by Gasteiger charge is 2.24. The second kappa shape index (κ2) is 11.8. The molecule has 0 saturated carbocycles. The lowest BCUT2D eigenvalue weighted by atomic mass is 9.94. The number of fused-ring (bicyclic) bond motifs is 6. The van der Waals surface area contributed by atoms with Crippen LogP contribution in [0.5, 0.6) is 0 Å². The molecule has 0 aliphatic heterocycles. The molecular formula is C45H36N4. The quantitative estimate of drug-likeness (QED) is 0.139. The number of para-hydroxylation sites is 2. The van der Waals surface area contributed by atoms with E-state index in [0.717, 1.165) is 28.9 Å². The molecule has 0 spiro atoms. The van der Waals surface area contributed by atoms with Crippen LogP contribution in [0.25, 0.3) is 61.3 Å². The minimum absolute atomic E-state index is 0.414. The SMILES string of the molecule is CC1C=Cc2c(n(-c3cccc(C(=N)NCc4cccc(-c5ccccc5)c4)c3)c3cc4c(cc23)c2ccccc2n4-c2ccccc2)C1. The van der Waals surface area contributed by atoms with Gasteiger partial charge in [0, 0.05) is 50.9 Å². The molecular weight excluding hydrogens is 597 g/mol. The summed E-state index contributed by atoms with van der Waals surface area (Å²) in [6, 6.07) is 51.6. The predicted molar refractivity (Wildman–Crippen MR) is 205 cm³/mol. The van der Waals surface area contributed by atoms with E-state index >= 15 is 0 Å². The average Bonchev–Trinajstić information content (AvgIpc) is 3.65. The lowest BCUT2D eigenvalue weighted by Gasteiger charge is -2.18. The molecule has 8 aromatic rings. The van der Waals surface area contributed by atoms with Crippen LogP contribution < -0.4 is 5.32 Å². The fraction of sp³-hybridized carbons (Fsp3) is 0.0889. The van der Waals surface area contributed by atoms with E-state index in [-0.39, 0.29) is 0 Å². The summed E-state index contributed by atoms with van der Waals surface area (Å²) in [5, 5.41) is 16.2. The number of nitrogens with one attached hydrogen (secondary N) is 2. The summed E-state index contributed by atoms with van der Waals surface area (Å²) >= 11 is 0. The largest absolute Gasteiger partial charge is 0.366 e. The van der Waals surface area contributed by atoms with E-state index in [1.54, 1.807) is 0 Å². The van der Waals surface area contributed by atoms with Gasteiger partial charge in [-0.15, -0.1) is 0 Å². The summed E-state index contributed by atoms with van der Waals surface area (Å²) in [6.07, 6.45) is 5.62. The van der Waals surface area contributed by atoms with Crippen LogP contribution in [0.2, 0.25) is 0 Å². The second-order valence-corrected chi connectivity index (χ2v) is 13.2. The Kier molecular flexibility index (Phi) is 7.02. The van der Waals surface area contributed by atoms with Crippen molar-refractivity contribution in [2.24, 2.45) is 5.92 Å². The van der Waals surface area contributed by atoms with E-state index in [2.05, 4.69) is 167 Å². The number of aromatic nitrogens is 2. The molecule has 0 radical (unpaired) electrons. The zero-order chi connectivity index (χ0) is 32.9. The van der Waals surface area contributed by atoms with E-state index in [9.17, 15) is 0 Å². The first-order chi connectivity index (χ1) is 24.1. The molecule has 4 nitrogen and oxygen atoms in total. The minimum Gasteiger partial charge on any atom is -0.366 e. The van der Waals surface area contributed by atoms with Gasteiger partial charge in [-0.3, -0.25) is 5.41 Å². The maximum Gasteiger partial charge on any atom is 0.125 e. The van der Waals surface area contributed by atoms with E-state index in [1.165, 1.54) is 55.1 Å². The molecule has 1 aliphatic rings. The van der Waals surface area contributed by atoms with Crippen LogP contribution in [0, 0.1) is 11.3 Å². The number of rotatable bonds is 6. The maximum atomic E-state index is 9.06. The summed E-state index contributed by atoms with van der Waals surface area (Å²) in [5.74, 6) is 0.857. The summed E-state index contributed by atoms with van der Waals surface area (Å²) in [7, 11) is 0. The Labute approximate surface area is 286 Å². The van der Waals surface area contributed by atoms with Gasteiger partial charge in [0.1, 0.15) is 5.84 Å². The summed E-state index contributed by atoms with van der Waals surface area (Å²) < 4.78 is 4.83. The number of amidine groups is 1. The van der Waals surface area contributed by atoms with Crippen LogP contribution in [0.15, 0.2) is 152 Å². The van der Waals surface area contributed by atoms with Crippen molar-refractivity contribution in [3.05, 3.63) is 174 Å². The Morgan fingerprint density at radius 1 is 0.633 bits per heavy atom. The third-order valence-corrected chi connectivity index (χ3v) is 9.92. The Bertz CT molecular complexity index is 2550. The molecule has 0 saturated heterocycles. The first kappa shape index (κ1) is 29.0. The van der Waals surface area contributed by atoms with Crippen LogP contribution in [-0.4, -0.2) is 15.0 Å². The number of hydrogen-bond acceptors (Lipinski definition) is 1. The molecule has 4 heteroatoms. The van der Waals surface area contributed by atoms with Gasteiger partial charge in [-0.25, -0.2) is 0 Å². The van der Waals surface area contributed by atoms with Crippen molar-refractivity contribution in [1.82, 2.24) is 14.5 Å². The van der Waals surface area contributed by atoms with Crippen LogP contribution in [0.3, 0.4) is 0 Å². The Balaban J connectivity index is 1.14. The number of nitrogens with zero attached hydrogens (tertiary/aromatic N) is 2. The maximum absolute atomic E-state index is 9.06. The summed E-state index contributed by atoms with van der Waals surface area (Å²) in [4.78, 5) is 0. The molecule has 2 aromatic heterocycles. The molecule has 1 atom stereocenters. The average molecular weight is 633 g/mol. The van der Waals surface area contributed by atoms with Gasteiger partial charge in [0.2, 0.25) is 0 Å². The van der Waals surface area contributed by atoms with Gasteiger partial charge in [0.15, 0.2) is 0 Å². The smallest absolute Gasteiger partial charge is 0.125 e. The summed E-state index contributed by atoms with van der Waals surface area (Å²) in [5.41, 5.74) is 12.8. The molecule has 1 unspecified atom stereocenters. The normalized spacial score (nSPS) is 14.0. The van der Waals surface area contributed by atoms with Crippen molar-refractivity contribution in [1.29, 1.82) is 5.41 Å². The highest BCUT2D eigenvalue weighted by atomic mass is 15.0. The first-order valence-electron chi connectivity index (χ1n) is 17.0. The fourth-order valence-electron chi connectivity index (χ4n) is 7.58. The topological polar surface area (TPSA) is 45.7 Å². The van der Waals surface area contributed by atoms with E-state index in [4.69, 9.17) is 5.41 Å². The van der Waals surface area contributed by atoms with Gasteiger partial charge >= 0.3 is 0 Å². The zero-order valence-electron chi connectivity index (χ0n) is 27.4. The van der Waals surface area contributed by atoms with Gasteiger partial charge in [-0.2, -0.15) is 0 Å². The van der Waals surface area contributed by atoms with Crippen LogP contribution in [-0.2, 0) is 13.0 Å². The molecule has 6 aromatic carbocycles. The molecule has 0 fully saturated rings. The van der Waals surface area contributed by atoms with Crippen molar-refractivity contribution in [2.75, 3.05) is 0 Å². The van der Waals surface area contributed by atoms with E-state index in [0.29, 0.717) is 18.3 Å². The van der Waals surface area contributed by atoms with Crippen molar-refractivity contribution in [3.8, 4) is 22.5 Å². The Hall–Kier alpha value is -6.13. The molecule has 236 valence electrons.